The highest BCUT2D eigenvalue weighted by Crippen LogP contribution is 2.37. The lowest BCUT2D eigenvalue weighted by Gasteiger charge is -2.30. The summed E-state index contributed by atoms with van der Waals surface area (Å²) in [4.78, 5) is 14.4. The molecule has 0 spiro atoms. The first kappa shape index (κ1) is 12.0. The number of fused-ring (bicyclic) bond motifs is 2. The van der Waals surface area contributed by atoms with Crippen LogP contribution in [0.5, 0.6) is 0 Å². The lowest BCUT2D eigenvalue weighted by molar-refractivity contribution is -0.120. The molecule has 1 aromatic rings. The largest absolute Gasteiger partial charge is 0.378 e. The van der Waals surface area contributed by atoms with Gasteiger partial charge in [0, 0.05) is 6.54 Å². The van der Waals surface area contributed by atoms with Crippen LogP contribution in [0.3, 0.4) is 0 Å². The summed E-state index contributed by atoms with van der Waals surface area (Å²) in [6, 6.07) is 7.72. The van der Waals surface area contributed by atoms with E-state index in [0.717, 1.165) is 12.2 Å². The van der Waals surface area contributed by atoms with Gasteiger partial charge in [0.1, 0.15) is 6.07 Å². The lowest BCUT2D eigenvalue weighted by Crippen LogP contribution is -2.42. The van der Waals surface area contributed by atoms with Gasteiger partial charge in [0.05, 0.1) is 42.1 Å². The molecule has 5 heteroatoms. The van der Waals surface area contributed by atoms with E-state index in [1.54, 1.807) is 6.07 Å². The molecule has 0 saturated carbocycles. The number of nitrogens with zero attached hydrogens (tertiary/aromatic N) is 2. The van der Waals surface area contributed by atoms with Crippen molar-refractivity contribution in [2.45, 2.75) is 13.0 Å². The number of benzene rings is 1. The van der Waals surface area contributed by atoms with Gasteiger partial charge in [-0.05, 0) is 19.1 Å². The van der Waals surface area contributed by atoms with Gasteiger partial charge in [0.2, 0.25) is 5.91 Å². The molecule has 2 atom stereocenters. The number of para-hydroxylation sites is 1. The maximum atomic E-state index is 12.3. The first-order valence-corrected chi connectivity index (χ1v) is 6.44. The maximum absolute atomic E-state index is 12.3. The number of ether oxygens (including phenoxy) is 1. The second-order valence-corrected chi connectivity index (χ2v) is 4.80. The number of likely N-dealkylation sites (N-methyl/N-ethyl adjacent to an activating group) is 1. The van der Waals surface area contributed by atoms with Crippen molar-refractivity contribution in [1.82, 2.24) is 0 Å². The van der Waals surface area contributed by atoms with Gasteiger partial charge in [-0.3, -0.25) is 4.79 Å². The van der Waals surface area contributed by atoms with Crippen LogP contribution >= 0.6 is 0 Å². The molecule has 19 heavy (non-hydrogen) atoms. The highest BCUT2D eigenvalue weighted by molar-refractivity contribution is 6.00. The molecule has 0 aromatic heterocycles. The van der Waals surface area contributed by atoms with Gasteiger partial charge in [0.15, 0.2) is 0 Å². The normalized spacial score (nSPS) is 25.1. The summed E-state index contributed by atoms with van der Waals surface area (Å²) in [5.41, 5.74) is 2.05. The molecule has 1 saturated heterocycles. The summed E-state index contributed by atoms with van der Waals surface area (Å²) in [6.07, 6.45) is 0. The monoisotopic (exact) mass is 257 g/mol. The van der Waals surface area contributed by atoms with Gasteiger partial charge in [-0.15, -0.1) is 0 Å². The third-order valence-corrected chi connectivity index (χ3v) is 3.85. The molecule has 5 nitrogen and oxygen atoms in total. The van der Waals surface area contributed by atoms with Crippen molar-refractivity contribution < 1.29 is 9.53 Å². The number of hydrogen-bond acceptors (Lipinski definition) is 4. The maximum Gasteiger partial charge on any atom is 0.232 e. The molecule has 1 aromatic carbocycles. The van der Waals surface area contributed by atoms with Crippen molar-refractivity contribution in [1.29, 1.82) is 5.26 Å². The van der Waals surface area contributed by atoms with Crippen LogP contribution in [0.4, 0.5) is 11.4 Å². The summed E-state index contributed by atoms with van der Waals surface area (Å²) in [7, 11) is 0. The van der Waals surface area contributed by atoms with E-state index in [2.05, 4.69) is 16.3 Å². The van der Waals surface area contributed by atoms with Crippen LogP contribution < -0.4 is 10.2 Å². The summed E-state index contributed by atoms with van der Waals surface area (Å²) in [5, 5.41) is 12.1. The molecule has 1 amide bonds. The van der Waals surface area contributed by atoms with Gasteiger partial charge < -0.3 is 15.0 Å². The first-order chi connectivity index (χ1) is 9.26. The van der Waals surface area contributed by atoms with Crippen molar-refractivity contribution in [2.75, 3.05) is 30.0 Å². The Balaban J connectivity index is 2.16. The summed E-state index contributed by atoms with van der Waals surface area (Å²) < 4.78 is 5.45. The standard InChI is InChI=1S/C14H15N3O2/c1-2-17-11-5-3-4-9(6-15)13(11)16-14(18)10-7-19-8-12(10)17/h3-5,10,12H,2,7-8H2,1H3,(H,16,18). The van der Waals surface area contributed by atoms with E-state index in [1.165, 1.54) is 0 Å². The van der Waals surface area contributed by atoms with Crippen molar-refractivity contribution in [2.24, 2.45) is 5.92 Å². The number of anilines is 2. The molecule has 1 fully saturated rings. The van der Waals surface area contributed by atoms with Crippen LogP contribution in [0.1, 0.15) is 12.5 Å². The van der Waals surface area contributed by atoms with E-state index < -0.39 is 0 Å². The molecule has 2 aliphatic rings. The topological polar surface area (TPSA) is 65.4 Å². The molecular formula is C14H15N3O2. The number of hydrogen-bond donors (Lipinski definition) is 1. The fourth-order valence-corrected chi connectivity index (χ4v) is 2.90. The molecule has 2 heterocycles. The second-order valence-electron chi connectivity index (χ2n) is 4.80. The predicted molar refractivity (Wildman–Crippen MR) is 70.9 cm³/mol. The average molecular weight is 257 g/mol. The molecule has 0 aliphatic carbocycles. The molecule has 2 aliphatic heterocycles. The average Bonchev–Trinajstić information content (AvgIpc) is 2.86. The Labute approximate surface area is 111 Å². The third-order valence-electron chi connectivity index (χ3n) is 3.85. The molecule has 2 unspecified atom stereocenters. The van der Waals surface area contributed by atoms with Crippen LogP contribution in [-0.4, -0.2) is 31.7 Å². The second kappa shape index (κ2) is 4.56. The Bertz CT molecular complexity index is 564. The van der Waals surface area contributed by atoms with Gasteiger partial charge in [-0.2, -0.15) is 5.26 Å². The molecule has 98 valence electrons. The number of nitriles is 1. The smallest absolute Gasteiger partial charge is 0.232 e. The van der Waals surface area contributed by atoms with Crippen LogP contribution in [0.2, 0.25) is 0 Å². The van der Waals surface area contributed by atoms with E-state index in [1.807, 2.05) is 19.1 Å². The SMILES string of the molecule is CCN1c2cccc(C#N)c2NC(=O)C2COCC21. The number of amides is 1. The minimum Gasteiger partial charge on any atom is -0.378 e. The summed E-state index contributed by atoms with van der Waals surface area (Å²) >= 11 is 0. The minimum absolute atomic E-state index is 0.0533. The van der Waals surface area contributed by atoms with Crippen LogP contribution in [0.15, 0.2) is 18.2 Å². The van der Waals surface area contributed by atoms with Crippen molar-refractivity contribution >= 4 is 17.3 Å². The Morgan fingerprint density at radius 3 is 3.11 bits per heavy atom. The number of carbonyl (C=O) groups excluding carboxylic acids is 1. The van der Waals surface area contributed by atoms with E-state index in [9.17, 15) is 10.1 Å². The van der Waals surface area contributed by atoms with Crippen molar-refractivity contribution in [3.05, 3.63) is 23.8 Å². The highest BCUT2D eigenvalue weighted by Gasteiger charge is 2.41. The van der Waals surface area contributed by atoms with Crippen LogP contribution in [0, 0.1) is 17.2 Å². The zero-order chi connectivity index (χ0) is 13.4. The molecule has 1 N–H and O–H groups in total. The zero-order valence-corrected chi connectivity index (χ0v) is 10.7. The number of rotatable bonds is 1. The van der Waals surface area contributed by atoms with Gasteiger partial charge in [-0.25, -0.2) is 0 Å². The Morgan fingerprint density at radius 1 is 1.53 bits per heavy atom. The van der Waals surface area contributed by atoms with Crippen molar-refractivity contribution in [3.8, 4) is 6.07 Å². The number of carbonyl (C=O) groups is 1. The van der Waals surface area contributed by atoms with E-state index in [4.69, 9.17) is 4.74 Å². The summed E-state index contributed by atoms with van der Waals surface area (Å²) in [5.74, 6) is -0.221. The van der Waals surface area contributed by atoms with Gasteiger partial charge in [-0.1, -0.05) is 6.07 Å². The minimum atomic E-state index is -0.168. The Kier molecular flexibility index (Phi) is 2.88. The van der Waals surface area contributed by atoms with Crippen LogP contribution in [-0.2, 0) is 9.53 Å². The molecule has 0 bridgehead atoms. The van der Waals surface area contributed by atoms with E-state index in [-0.39, 0.29) is 17.9 Å². The van der Waals surface area contributed by atoms with Gasteiger partial charge in [0.25, 0.3) is 0 Å². The Morgan fingerprint density at radius 2 is 2.37 bits per heavy atom. The Hall–Kier alpha value is -2.06. The number of nitrogens with one attached hydrogen (secondary N) is 1. The first-order valence-electron chi connectivity index (χ1n) is 6.44. The summed E-state index contributed by atoms with van der Waals surface area (Å²) in [6.45, 7) is 3.83. The van der Waals surface area contributed by atoms with Crippen molar-refractivity contribution in [3.63, 3.8) is 0 Å². The molecule has 0 radical (unpaired) electrons. The molecule has 3 rings (SSSR count). The fraction of sp³-hybridized carbons (Fsp3) is 0.429. The van der Waals surface area contributed by atoms with Gasteiger partial charge >= 0.3 is 0 Å². The quantitative estimate of drug-likeness (QED) is 0.824. The highest BCUT2D eigenvalue weighted by atomic mass is 16.5. The lowest BCUT2D eigenvalue weighted by atomic mass is 10.0. The fourth-order valence-electron chi connectivity index (χ4n) is 2.90. The van der Waals surface area contributed by atoms with E-state index in [0.29, 0.717) is 24.5 Å². The van der Waals surface area contributed by atoms with E-state index >= 15 is 0 Å². The van der Waals surface area contributed by atoms with Crippen LogP contribution in [0.25, 0.3) is 0 Å². The zero-order valence-electron chi connectivity index (χ0n) is 10.7. The third kappa shape index (κ3) is 1.76. The predicted octanol–water partition coefficient (Wildman–Crippen LogP) is 1.35. The molecular weight excluding hydrogens is 242 g/mol.